The number of aryl methyl sites for hydroxylation is 1. The first-order valence-corrected chi connectivity index (χ1v) is 10.9. The van der Waals surface area contributed by atoms with Gasteiger partial charge in [-0.1, -0.05) is 24.3 Å². The van der Waals surface area contributed by atoms with Crippen LogP contribution in [0.1, 0.15) is 41.7 Å². The number of H-pyrrole nitrogens is 1. The van der Waals surface area contributed by atoms with Gasteiger partial charge in [0.05, 0.1) is 0 Å². The molecule has 11 nitrogen and oxygen atoms in total. The van der Waals surface area contributed by atoms with Crippen LogP contribution in [-0.2, 0) is 16.0 Å². The maximum atomic E-state index is 11.7. The van der Waals surface area contributed by atoms with Crippen LogP contribution in [0.25, 0.3) is 10.9 Å². The third kappa shape index (κ3) is 9.08. The van der Waals surface area contributed by atoms with E-state index in [1.165, 1.54) is 0 Å². The molecule has 0 aliphatic rings. The Morgan fingerprint density at radius 1 is 0.943 bits per heavy atom. The van der Waals surface area contributed by atoms with Crippen LogP contribution in [0.5, 0.6) is 5.75 Å². The van der Waals surface area contributed by atoms with Crippen molar-refractivity contribution in [3.63, 3.8) is 0 Å². The SMILES string of the molecule is NC(=O)c1[nH]c2ccccc2c1O.NC(N)=NCCCCC(=O)Nc1ccc(CCC(=O)O)cc1. The number of fused-ring (bicyclic) bond motifs is 1. The highest BCUT2D eigenvalue weighted by Crippen LogP contribution is 2.27. The van der Waals surface area contributed by atoms with Gasteiger partial charge in [0.15, 0.2) is 11.7 Å². The predicted octanol–water partition coefficient (Wildman–Crippen LogP) is 2.06. The Bertz CT molecular complexity index is 1180. The number of unbranched alkanes of at least 4 members (excludes halogenated alkanes) is 1. The van der Waals surface area contributed by atoms with E-state index in [2.05, 4.69) is 15.3 Å². The molecule has 0 saturated carbocycles. The van der Waals surface area contributed by atoms with Gasteiger partial charge >= 0.3 is 5.97 Å². The molecule has 0 radical (unpaired) electrons. The first kappa shape index (κ1) is 26.7. The van der Waals surface area contributed by atoms with E-state index in [1.807, 2.05) is 18.2 Å². The molecule has 0 saturated heterocycles. The van der Waals surface area contributed by atoms with E-state index in [9.17, 15) is 19.5 Å². The minimum absolute atomic E-state index is 0.0567. The number of carboxylic acid groups (broad SMARTS) is 1. The summed E-state index contributed by atoms with van der Waals surface area (Å²) >= 11 is 0. The standard InChI is InChI=1S/C15H22N4O3.C9H8N2O2/c16-15(17)18-10-2-1-3-13(20)19-12-7-4-11(5-8-12)6-9-14(21)22;10-9(13)7-8(12)5-3-1-2-4-6(5)11-7/h4-5,7-8H,1-3,6,9-10H2,(H,19,20)(H,21,22)(H4,16,17,18);1-4,11-12H,(H2,10,13). The first-order chi connectivity index (χ1) is 16.7. The van der Waals surface area contributed by atoms with E-state index in [0.717, 1.165) is 12.0 Å². The van der Waals surface area contributed by atoms with Gasteiger partial charge in [-0.3, -0.25) is 19.4 Å². The van der Waals surface area contributed by atoms with Crippen LogP contribution in [0.3, 0.4) is 0 Å². The van der Waals surface area contributed by atoms with E-state index < -0.39 is 11.9 Å². The minimum atomic E-state index is -0.821. The number of aromatic amines is 1. The number of anilines is 1. The van der Waals surface area contributed by atoms with E-state index >= 15 is 0 Å². The number of primary amides is 1. The fourth-order valence-corrected chi connectivity index (χ4v) is 3.14. The molecule has 0 atom stereocenters. The van der Waals surface area contributed by atoms with Crippen molar-refractivity contribution in [1.82, 2.24) is 4.98 Å². The number of carbonyl (C=O) groups excluding carboxylic acids is 2. The van der Waals surface area contributed by atoms with E-state index in [4.69, 9.17) is 22.3 Å². The average molecular weight is 483 g/mol. The van der Waals surface area contributed by atoms with Crippen LogP contribution >= 0.6 is 0 Å². The van der Waals surface area contributed by atoms with Crippen LogP contribution in [0.15, 0.2) is 53.5 Å². The number of hydrogen-bond acceptors (Lipinski definition) is 5. The summed E-state index contributed by atoms with van der Waals surface area (Å²) in [6, 6.07) is 14.2. The predicted molar refractivity (Wildman–Crippen MR) is 134 cm³/mol. The smallest absolute Gasteiger partial charge is 0.303 e. The Morgan fingerprint density at radius 2 is 1.63 bits per heavy atom. The lowest BCUT2D eigenvalue weighted by Crippen LogP contribution is -2.23. The normalized spacial score (nSPS) is 10.2. The van der Waals surface area contributed by atoms with Crippen LogP contribution in [0.4, 0.5) is 5.69 Å². The maximum absolute atomic E-state index is 11.7. The van der Waals surface area contributed by atoms with Crippen LogP contribution < -0.4 is 22.5 Å². The van der Waals surface area contributed by atoms with E-state index in [-0.39, 0.29) is 29.7 Å². The van der Waals surface area contributed by atoms with Crippen molar-refractivity contribution in [2.24, 2.45) is 22.2 Å². The zero-order valence-corrected chi connectivity index (χ0v) is 19.2. The summed E-state index contributed by atoms with van der Waals surface area (Å²) in [6.45, 7) is 0.522. The summed E-state index contributed by atoms with van der Waals surface area (Å²) < 4.78 is 0. The molecule has 2 amide bonds. The van der Waals surface area contributed by atoms with Gasteiger partial charge in [0.2, 0.25) is 5.91 Å². The molecule has 0 bridgehead atoms. The van der Waals surface area contributed by atoms with Crippen molar-refractivity contribution in [3.05, 3.63) is 59.8 Å². The van der Waals surface area contributed by atoms with Crippen molar-refractivity contribution < 1.29 is 24.6 Å². The fraction of sp³-hybridized carbons (Fsp3) is 0.250. The molecule has 0 aliphatic carbocycles. The molecule has 10 N–H and O–H groups in total. The number of benzene rings is 2. The zero-order chi connectivity index (χ0) is 25.8. The zero-order valence-electron chi connectivity index (χ0n) is 19.2. The van der Waals surface area contributed by atoms with Gasteiger partial charge in [-0.05, 0) is 49.1 Å². The van der Waals surface area contributed by atoms with Gasteiger partial charge in [-0.15, -0.1) is 0 Å². The molecule has 35 heavy (non-hydrogen) atoms. The van der Waals surface area contributed by atoms with E-state index in [0.29, 0.717) is 42.4 Å². The molecule has 0 aliphatic heterocycles. The number of nitrogens with one attached hydrogen (secondary N) is 2. The molecule has 3 aromatic rings. The summed E-state index contributed by atoms with van der Waals surface area (Å²) in [7, 11) is 0. The number of carboxylic acids is 1. The number of nitrogens with two attached hydrogens (primary N) is 3. The minimum Gasteiger partial charge on any atom is -0.505 e. The second-order valence-electron chi connectivity index (χ2n) is 7.66. The number of aromatic hydroxyl groups is 1. The highest BCUT2D eigenvalue weighted by atomic mass is 16.4. The van der Waals surface area contributed by atoms with Gasteiger partial charge in [0.25, 0.3) is 5.91 Å². The fourth-order valence-electron chi connectivity index (χ4n) is 3.14. The number of guanidine groups is 1. The molecule has 3 rings (SSSR count). The number of rotatable bonds is 10. The quantitative estimate of drug-likeness (QED) is 0.130. The monoisotopic (exact) mass is 482 g/mol. The lowest BCUT2D eigenvalue weighted by molar-refractivity contribution is -0.137. The van der Waals surface area contributed by atoms with Crippen molar-refractivity contribution in [2.75, 3.05) is 11.9 Å². The largest absolute Gasteiger partial charge is 0.505 e. The van der Waals surface area contributed by atoms with Crippen LogP contribution in [0, 0.1) is 0 Å². The lowest BCUT2D eigenvalue weighted by Gasteiger charge is -2.06. The number of amides is 2. The number of aliphatic carboxylic acids is 1. The third-order valence-corrected chi connectivity index (χ3v) is 4.90. The Kier molecular flexibility index (Phi) is 10.1. The Balaban J connectivity index is 0.000000279. The molecule has 2 aromatic carbocycles. The molecule has 0 fully saturated rings. The highest BCUT2D eigenvalue weighted by Gasteiger charge is 2.13. The second kappa shape index (κ2) is 13.2. The molecule has 1 heterocycles. The van der Waals surface area contributed by atoms with Crippen LogP contribution in [0.2, 0.25) is 0 Å². The van der Waals surface area contributed by atoms with Crippen molar-refractivity contribution >= 4 is 40.3 Å². The number of hydrogen-bond donors (Lipinski definition) is 7. The van der Waals surface area contributed by atoms with Gasteiger partial charge in [-0.2, -0.15) is 0 Å². The number of carbonyl (C=O) groups is 3. The third-order valence-electron chi connectivity index (χ3n) is 4.90. The van der Waals surface area contributed by atoms with Crippen LogP contribution in [-0.4, -0.2) is 45.5 Å². The van der Waals surface area contributed by atoms with Crippen molar-refractivity contribution in [2.45, 2.75) is 32.1 Å². The Labute approximate surface area is 202 Å². The second-order valence-corrected chi connectivity index (χ2v) is 7.66. The Hall–Kier alpha value is -4.54. The number of aliphatic imine (C=N–C) groups is 1. The van der Waals surface area contributed by atoms with Gasteiger partial charge < -0.3 is 37.7 Å². The highest BCUT2D eigenvalue weighted by molar-refractivity contribution is 6.02. The molecular formula is C24H30N6O5. The molecular weight excluding hydrogens is 452 g/mol. The first-order valence-electron chi connectivity index (χ1n) is 10.9. The van der Waals surface area contributed by atoms with Gasteiger partial charge in [0, 0.05) is 36.0 Å². The molecule has 186 valence electrons. The summed E-state index contributed by atoms with van der Waals surface area (Å²) in [6.07, 6.45) is 2.44. The summed E-state index contributed by atoms with van der Waals surface area (Å²) in [5.74, 6) is -1.56. The molecule has 0 spiro atoms. The van der Waals surface area contributed by atoms with Gasteiger partial charge in [-0.25, -0.2) is 0 Å². The van der Waals surface area contributed by atoms with Crippen molar-refractivity contribution in [1.29, 1.82) is 0 Å². The summed E-state index contributed by atoms with van der Waals surface area (Å²) in [5.41, 5.74) is 17.8. The molecule has 0 unspecified atom stereocenters. The number of aromatic nitrogens is 1. The average Bonchev–Trinajstić information content (AvgIpc) is 3.15. The molecule has 11 heteroatoms. The van der Waals surface area contributed by atoms with Gasteiger partial charge in [0.1, 0.15) is 5.69 Å². The lowest BCUT2D eigenvalue weighted by atomic mass is 10.1. The summed E-state index contributed by atoms with van der Waals surface area (Å²) in [5, 5.41) is 21.5. The Morgan fingerprint density at radius 3 is 2.23 bits per heavy atom. The topological polar surface area (TPSA) is 210 Å². The summed E-state index contributed by atoms with van der Waals surface area (Å²) in [4.78, 5) is 39.6. The van der Waals surface area contributed by atoms with Crippen molar-refractivity contribution in [3.8, 4) is 5.75 Å². The molecule has 1 aromatic heterocycles. The maximum Gasteiger partial charge on any atom is 0.303 e. The van der Waals surface area contributed by atoms with E-state index in [1.54, 1.807) is 30.3 Å². The number of nitrogens with zero attached hydrogens (tertiary/aromatic N) is 1. The number of para-hydroxylation sites is 1.